The summed E-state index contributed by atoms with van der Waals surface area (Å²) in [6, 6.07) is 8.67. The number of benzene rings is 2. The van der Waals surface area contributed by atoms with E-state index in [-0.39, 0.29) is 17.3 Å². The quantitative estimate of drug-likeness (QED) is 0.773. The summed E-state index contributed by atoms with van der Waals surface area (Å²) in [7, 11) is -4.01. The van der Waals surface area contributed by atoms with Crippen LogP contribution in [-0.4, -0.2) is 33.0 Å². The molecule has 0 bridgehead atoms. The van der Waals surface area contributed by atoms with Gasteiger partial charge in [0.25, 0.3) is 10.0 Å². The lowest BCUT2D eigenvalue weighted by molar-refractivity contribution is -0.119. The summed E-state index contributed by atoms with van der Waals surface area (Å²) >= 11 is 0. The maximum absolute atomic E-state index is 13.3. The number of sulfonamides is 1. The van der Waals surface area contributed by atoms with Gasteiger partial charge in [0.2, 0.25) is 5.91 Å². The lowest BCUT2D eigenvalue weighted by Gasteiger charge is -2.41. The van der Waals surface area contributed by atoms with E-state index in [2.05, 4.69) is 5.32 Å². The number of carbonyl (C=O) groups is 1. The number of hydrogen-bond acceptors (Lipinski definition) is 5. The summed E-state index contributed by atoms with van der Waals surface area (Å²) < 4.78 is 46.9. The minimum atomic E-state index is -4.01. The standard InChI is InChI=1S/C18H20FN3O4S/c1-11-18(10-21-12(2)23)26-17-8-5-14(20)9-16(17)22(11)27(24,25)15-6-3-13(19)4-7-15/h3-9,11,18H,10,20H2,1-2H3,(H,21,23)/t11-,18+/m0/s1. The summed E-state index contributed by atoms with van der Waals surface area (Å²) in [5.41, 5.74) is 6.52. The lowest BCUT2D eigenvalue weighted by Crippen LogP contribution is -2.54. The zero-order valence-corrected chi connectivity index (χ0v) is 15.7. The molecule has 144 valence electrons. The molecule has 3 rings (SSSR count). The van der Waals surface area contributed by atoms with Gasteiger partial charge in [0.1, 0.15) is 17.7 Å². The molecule has 0 spiro atoms. The van der Waals surface area contributed by atoms with Crippen molar-refractivity contribution in [1.82, 2.24) is 5.32 Å². The van der Waals surface area contributed by atoms with Crippen LogP contribution in [0.2, 0.25) is 0 Å². The van der Waals surface area contributed by atoms with Crippen molar-refractivity contribution in [1.29, 1.82) is 0 Å². The Morgan fingerprint density at radius 2 is 1.93 bits per heavy atom. The Hall–Kier alpha value is -2.81. The second-order valence-corrected chi connectivity index (χ2v) is 8.13. The third-order valence-electron chi connectivity index (χ3n) is 4.33. The van der Waals surface area contributed by atoms with Gasteiger partial charge in [-0.1, -0.05) is 0 Å². The Morgan fingerprint density at radius 3 is 2.56 bits per heavy atom. The maximum Gasteiger partial charge on any atom is 0.264 e. The molecule has 1 amide bonds. The SMILES string of the molecule is CC(=O)NC[C@H]1Oc2ccc(N)cc2N(S(=O)(=O)c2ccc(F)cc2)[C@H]1C. The first-order valence-corrected chi connectivity index (χ1v) is 9.75. The summed E-state index contributed by atoms with van der Waals surface area (Å²) in [5.74, 6) is -0.442. The van der Waals surface area contributed by atoms with Gasteiger partial charge in [-0.05, 0) is 49.4 Å². The maximum atomic E-state index is 13.3. The number of nitrogens with two attached hydrogens (primary N) is 1. The number of nitrogen functional groups attached to an aromatic ring is 1. The molecule has 0 fully saturated rings. The lowest BCUT2D eigenvalue weighted by atomic mass is 10.1. The van der Waals surface area contributed by atoms with E-state index in [0.717, 1.165) is 12.1 Å². The molecule has 0 saturated carbocycles. The highest BCUT2D eigenvalue weighted by Gasteiger charge is 2.40. The smallest absolute Gasteiger partial charge is 0.264 e. The Labute approximate surface area is 157 Å². The van der Waals surface area contributed by atoms with E-state index in [1.54, 1.807) is 19.1 Å². The molecule has 2 aromatic rings. The monoisotopic (exact) mass is 393 g/mol. The van der Waals surface area contributed by atoms with Crippen molar-refractivity contribution in [3.63, 3.8) is 0 Å². The number of rotatable bonds is 4. The molecule has 1 aliphatic heterocycles. The van der Waals surface area contributed by atoms with E-state index in [1.165, 1.54) is 29.4 Å². The number of amides is 1. The zero-order valence-electron chi connectivity index (χ0n) is 14.8. The van der Waals surface area contributed by atoms with Crippen LogP contribution in [0.4, 0.5) is 15.8 Å². The Kier molecular flexibility index (Phi) is 4.97. The van der Waals surface area contributed by atoms with E-state index in [4.69, 9.17) is 10.5 Å². The first-order chi connectivity index (χ1) is 12.7. The third kappa shape index (κ3) is 3.68. The number of hydrogen-bond donors (Lipinski definition) is 2. The molecular weight excluding hydrogens is 373 g/mol. The molecule has 3 N–H and O–H groups in total. The van der Waals surface area contributed by atoms with Crippen LogP contribution in [-0.2, 0) is 14.8 Å². The summed E-state index contributed by atoms with van der Waals surface area (Å²) in [6.07, 6.45) is -0.611. The molecular formula is C18H20FN3O4S. The number of halogens is 1. The molecule has 9 heteroatoms. The van der Waals surface area contributed by atoms with Crippen LogP contribution in [0.1, 0.15) is 13.8 Å². The molecule has 0 unspecified atom stereocenters. The fourth-order valence-corrected chi connectivity index (χ4v) is 4.65. The molecule has 27 heavy (non-hydrogen) atoms. The van der Waals surface area contributed by atoms with Gasteiger partial charge in [0, 0.05) is 12.6 Å². The molecule has 0 aliphatic carbocycles. The highest BCUT2D eigenvalue weighted by Crippen LogP contribution is 2.40. The van der Waals surface area contributed by atoms with Gasteiger partial charge in [-0.15, -0.1) is 0 Å². The first-order valence-electron chi connectivity index (χ1n) is 8.31. The molecule has 0 aromatic heterocycles. The van der Waals surface area contributed by atoms with Crippen LogP contribution in [0.5, 0.6) is 5.75 Å². The molecule has 1 aliphatic rings. The van der Waals surface area contributed by atoms with Gasteiger partial charge >= 0.3 is 0 Å². The predicted molar refractivity (Wildman–Crippen MR) is 99.5 cm³/mol. The van der Waals surface area contributed by atoms with E-state index in [0.29, 0.717) is 17.1 Å². The normalized spacial score (nSPS) is 19.1. The van der Waals surface area contributed by atoms with Crippen LogP contribution in [0.15, 0.2) is 47.4 Å². The number of fused-ring (bicyclic) bond motifs is 1. The van der Waals surface area contributed by atoms with Crippen molar-refractivity contribution >= 4 is 27.3 Å². The third-order valence-corrected chi connectivity index (χ3v) is 6.24. The molecule has 0 radical (unpaired) electrons. The zero-order chi connectivity index (χ0) is 19.8. The highest BCUT2D eigenvalue weighted by atomic mass is 32.2. The van der Waals surface area contributed by atoms with Gasteiger partial charge in [0.15, 0.2) is 0 Å². The van der Waals surface area contributed by atoms with Crippen molar-refractivity contribution in [3.8, 4) is 5.75 Å². The number of carbonyl (C=O) groups excluding carboxylic acids is 1. The van der Waals surface area contributed by atoms with Crippen molar-refractivity contribution in [3.05, 3.63) is 48.3 Å². The number of nitrogens with one attached hydrogen (secondary N) is 1. The van der Waals surface area contributed by atoms with Crippen LogP contribution >= 0.6 is 0 Å². The second-order valence-electron chi connectivity index (χ2n) is 6.32. The Morgan fingerprint density at radius 1 is 1.26 bits per heavy atom. The predicted octanol–water partition coefficient (Wildman–Crippen LogP) is 1.89. The van der Waals surface area contributed by atoms with E-state index >= 15 is 0 Å². The van der Waals surface area contributed by atoms with Crippen molar-refractivity contribution < 1.29 is 22.3 Å². The molecule has 0 saturated heterocycles. The van der Waals surface area contributed by atoms with Crippen LogP contribution in [0, 0.1) is 5.82 Å². The molecule has 2 aromatic carbocycles. The topological polar surface area (TPSA) is 102 Å². The second kappa shape index (κ2) is 7.07. The van der Waals surface area contributed by atoms with Crippen LogP contribution in [0.25, 0.3) is 0 Å². The average Bonchev–Trinajstić information content (AvgIpc) is 2.60. The van der Waals surface area contributed by atoms with E-state index in [9.17, 15) is 17.6 Å². The van der Waals surface area contributed by atoms with Gasteiger partial charge < -0.3 is 15.8 Å². The van der Waals surface area contributed by atoms with Crippen molar-refractivity contribution in [2.24, 2.45) is 0 Å². The van der Waals surface area contributed by atoms with Crippen LogP contribution in [0.3, 0.4) is 0 Å². The fraction of sp³-hybridized carbons (Fsp3) is 0.278. The summed E-state index contributed by atoms with van der Waals surface area (Å²) in [5, 5.41) is 2.65. The Balaban J connectivity index is 2.09. The summed E-state index contributed by atoms with van der Waals surface area (Å²) in [6.45, 7) is 3.19. The molecule has 7 nitrogen and oxygen atoms in total. The van der Waals surface area contributed by atoms with Gasteiger partial charge in [-0.2, -0.15) is 0 Å². The van der Waals surface area contributed by atoms with Crippen molar-refractivity contribution in [2.45, 2.75) is 30.9 Å². The minimum absolute atomic E-state index is 0.0516. The largest absolute Gasteiger partial charge is 0.484 e. The van der Waals surface area contributed by atoms with Crippen LogP contribution < -0.4 is 20.1 Å². The number of nitrogens with zero attached hydrogens (tertiary/aromatic N) is 1. The number of ether oxygens (including phenoxy) is 1. The highest BCUT2D eigenvalue weighted by molar-refractivity contribution is 7.92. The van der Waals surface area contributed by atoms with Gasteiger partial charge in [-0.3, -0.25) is 9.10 Å². The first kappa shape index (κ1) is 19.0. The number of anilines is 2. The van der Waals surface area contributed by atoms with Gasteiger partial charge in [0.05, 0.1) is 23.2 Å². The van der Waals surface area contributed by atoms with Crippen molar-refractivity contribution in [2.75, 3.05) is 16.6 Å². The minimum Gasteiger partial charge on any atom is -0.484 e. The molecule has 2 atom stereocenters. The van der Waals surface area contributed by atoms with Gasteiger partial charge in [-0.25, -0.2) is 12.8 Å². The van der Waals surface area contributed by atoms with E-state index < -0.39 is 28.0 Å². The summed E-state index contributed by atoms with van der Waals surface area (Å²) in [4.78, 5) is 11.2. The molecule has 1 heterocycles. The fourth-order valence-electron chi connectivity index (χ4n) is 2.96. The average molecular weight is 393 g/mol. The van der Waals surface area contributed by atoms with E-state index in [1.807, 2.05) is 0 Å². The Bertz CT molecular complexity index is 963.